The van der Waals surface area contributed by atoms with E-state index in [1.54, 1.807) is 12.3 Å². The van der Waals surface area contributed by atoms with E-state index in [2.05, 4.69) is 16.8 Å². The normalized spacial score (nSPS) is 16.7. The first-order valence-corrected chi connectivity index (χ1v) is 7.13. The van der Waals surface area contributed by atoms with Gasteiger partial charge in [-0.15, -0.1) is 0 Å². The third kappa shape index (κ3) is 3.77. The van der Waals surface area contributed by atoms with Gasteiger partial charge in [0.2, 0.25) is 0 Å². The highest BCUT2D eigenvalue weighted by Gasteiger charge is 2.20. The van der Waals surface area contributed by atoms with Crippen LogP contribution in [0.3, 0.4) is 0 Å². The first-order valence-electron chi connectivity index (χ1n) is 7.13. The molecule has 19 heavy (non-hydrogen) atoms. The molecule has 1 aliphatic carbocycles. The average molecular weight is 262 g/mol. The average Bonchev–Trinajstić information content (AvgIpc) is 2.46. The molecule has 2 rings (SSSR count). The second-order valence-corrected chi connectivity index (χ2v) is 5.21. The van der Waals surface area contributed by atoms with Crippen molar-refractivity contribution in [3.8, 4) is 0 Å². The minimum absolute atomic E-state index is 0.136. The Kier molecular flexibility index (Phi) is 4.91. The summed E-state index contributed by atoms with van der Waals surface area (Å²) in [7, 11) is 0. The Bertz CT molecular complexity index is 428. The van der Waals surface area contributed by atoms with Crippen LogP contribution in [-0.4, -0.2) is 33.5 Å². The molecule has 0 saturated heterocycles. The number of pyridine rings is 1. The Morgan fingerprint density at radius 3 is 2.79 bits per heavy atom. The number of carboxylic acid groups (broad SMARTS) is 1. The summed E-state index contributed by atoms with van der Waals surface area (Å²) in [6.45, 7) is 4.01. The van der Waals surface area contributed by atoms with Crippen molar-refractivity contribution in [1.82, 2.24) is 9.88 Å². The number of aromatic carboxylic acids is 1. The molecule has 0 spiro atoms. The molecule has 0 aliphatic heterocycles. The molecular formula is C15H22N2O2. The number of carboxylic acids is 1. The van der Waals surface area contributed by atoms with Crippen LogP contribution in [0, 0.1) is 0 Å². The number of carbonyl (C=O) groups is 1. The van der Waals surface area contributed by atoms with E-state index in [0.717, 1.165) is 18.7 Å². The lowest BCUT2D eigenvalue weighted by atomic mass is 9.94. The lowest BCUT2D eigenvalue weighted by Gasteiger charge is -2.33. The molecule has 0 amide bonds. The first kappa shape index (κ1) is 14.0. The summed E-state index contributed by atoms with van der Waals surface area (Å²) in [5.41, 5.74) is 1.18. The maximum atomic E-state index is 10.9. The SMILES string of the molecule is CCN(Cc1ccnc(C(=O)O)c1)C1CCCCC1. The smallest absolute Gasteiger partial charge is 0.354 e. The Labute approximate surface area is 114 Å². The summed E-state index contributed by atoms with van der Waals surface area (Å²) in [4.78, 5) is 17.3. The molecule has 1 aliphatic rings. The van der Waals surface area contributed by atoms with E-state index in [0.29, 0.717) is 6.04 Å². The second kappa shape index (κ2) is 6.66. The first-order chi connectivity index (χ1) is 9.20. The predicted molar refractivity (Wildman–Crippen MR) is 74.2 cm³/mol. The molecule has 0 aromatic carbocycles. The maximum Gasteiger partial charge on any atom is 0.354 e. The highest BCUT2D eigenvalue weighted by molar-refractivity contribution is 5.85. The Morgan fingerprint density at radius 1 is 1.42 bits per heavy atom. The summed E-state index contributed by atoms with van der Waals surface area (Å²) in [5.74, 6) is -0.956. The van der Waals surface area contributed by atoms with Gasteiger partial charge in [-0.25, -0.2) is 9.78 Å². The molecule has 1 N–H and O–H groups in total. The Balaban J connectivity index is 2.04. The molecule has 1 heterocycles. The zero-order valence-corrected chi connectivity index (χ0v) is 11.5. The summed E-state index contributed by atoms with van der Waals surface area (Å²) in [5, 5.41) is 8.97. The van der Waals surface area contributed by atoms with Gasteiger partial charge in [0.1, 0.15) is 5.69 Å². The van der Waals surface area contributed by atoms with Crippen LogP contribution >= 0.6 is 0 Å². The summed E-state index contributed by atoms with van der Waals surface area (Å²) in [6, 6.07) is 4.26. The second-order valence-electron chi connectivity index (χ2n) is 5.21. The van der Waals surface area contributed by atoms with Crippen LogP contribution in [0.15, 0.2) is 18.3 Å². The number of hydrogen-bond acceptors (Lipinski definition) is 3. The van der Waals surface area contributed by atoms with Gasteiger partial charge in [-0.3, -0.25) is 4.90 Å². The van der Waals surface area contributed by atoms with Crippen molar-refractivity contribution in [1.29, 1.82) is 0 Å². The molecular weight excluding hydrogens is 240 g/mol. The Hall–Kier alpha value is -1.42. The van der Waals surface area contributed by atoms with Gasteiger partial charge < -0.3 is 5.11 Å². The molecule has 0 bridgehead atoms. The van der Waals surface area contributed by atoms with E-state index in [1.807, 2.05) is 6.07 Å². The van der Waals surface area contributed by atoms with E-state index in [4.69, 9.17) is 5.11 Å². The van der Waals surface area contributed by atoms with Gasteiger partial charge in [0, 0.05) is 18.8 Å². The number of aromatic nitrogens is 1. The van der Waals surface area contributed by atoms with E-state index in [-0.39, 0.29) is 5.69 Å². The highest BCUT2D eigenvalue weighted by atomic mass is 16.4. The minimum Gasteiger partial charge on any atom is -0.477 e. The zero-order chi connectivity index (χ0) is 13.7. The summed E-state index contributed by atoms with van der Waals surface area (Å²) < 4.78 is 0. The molecule has 1 aromatic rings. The Morgan fingerprint density at radius 2 is 2.16 bits per heavy atom. The van der Waals surface area contributed by atoms with E-state index in [1.165, 1.54) is 32.1 Å². The van der Waals surface area contributed by atoms with Crippen LogP contribution in [0.4, 0.5) is 0 Å². The van der Waals surface area contributed by atoms with Gasteiger partial charge in [0.25, 0.3) is 0 Å². The number of rotatable bonds is 5. The van der Waals surface area contributed by atoms with Crippen molar-refractivity contribution in [2.24, 2.45) is 0 Å². The molecule has 0 atom stereocenters. The molecule has 104 valence electrons. The standard InChI is InChI=1S/C15H22N2O2/c1-2-17(13-6-4-3-5-7-13)11-12-8-9-16-14(10-12)15(18)19/h8-10,13H,2-7,11H2,1H3,(H,18,19). The van der Waals surface area contributed by atoms with Crippen molar-refractivity contribution >= 4 is 5.97 Å². The number of hydrogen-bond donors (Lipinski definition) is 1. The minimum atomic E-state index is -0.956. The van der Waals surface area contributed by atoms with Crippen molar-refractivity contribution in [3.05, 3.63) is 29.6 Å². The lowest BCUT2D eigenvalue weighted by molar-refractivity contribution is 0.0690. The molecule has 1 fully saturated rings. The van der Waals surface area contributed by atoms with Crippen LogP contribution < -0.4 is 0 Å². The van der Waals surface area contributed by atoms with Crippen LogP contribution in [0.25, 0.3) is 0 Å². The van der Waals surface area contributed by atoms with E-state index < -0.39 is 5.97 Å². The molecule has 4 nitrogen and oxygen atoms in total. The van der Waals surface area contributed by atoms with Crippen molar-refractivity contribution in [2.45, 2.75) is 51.6 Å². The molecule has 0 unspecified atom stereocenters. The van der Waals surface area contributed by atoms with Crippen LogP contribution in [0.1, 0.15) is 55.1 Å². The van der Waals surface area contributed by atoms with Gasteiger partial charge in [-0.1, -0.05) is 26.2 Å². The molecule has 0 radical (unpaired) electrons. The van der Waals surface area contributed by atoms with E-state index >= 15 is 0 Å². The highest BCUT2D eigenvalue weighted by Crippen LogP contribution is 2.23. The molecule has 1 saturated carbocycles. The third-order valence-electron chi connectivity index (χ3n) is 3.93. The van der Waals surface area contributed by atoms with Crippen LogP contribution in [0.5, 0.6) is 0 Å². The predicted octanol–water partition coefficient (Wildman–Crippen LogP) is 2.93. The topological polar surface area (TPSA) is 53.4 Å². The van der Waals surface area contributed by atoms with Gasteiger partial charge >= 0.3 is 5.97 Å². The maximum absolute atomic E-state index is 10.9. The third-order valence-corrected chi connectivity index (χ3v) is 3.93. The van der Waals surface area contributed by atoms with Gasteiger partial charge in [-0.2, -0.15) is 0 Å². The van der Waals surface area contributed by atoms with Gasteiger partial charge in [0.15, 0.2) is 0 Å². The zero-order valence-electron chi connectivity index (χ0n) is 11.5. The van der Waals surface area contributed by atoms with Crippen molar-refractivity contribution in [3.63, 3.8) is 0 Å². The van der Waals surface area contributed by atoms with Gasteiger partial charge in [0.05, 0.1) is 0 Å². The van der Waals surface area contributed by atoms with Gasteiger partial charge in [-0.05, 0) is 37.1 Å². The fourth-order valence-corrected chi connectivity index (χ4v) is 2.87. The number of nitrogens with zero attached hydrogens (tertiary/aromatic N) is 2. The van der Waals surface area contributed by atoms with E-state index in [9.17, 15) is 4.79 Å². The van der Waals surface area contributed by atoms with Crippen molar-refractivity contribution in [2.75, 3.05) is 6.54 Å². The van der Waals surface area contributed by atoms with Crippen molar-refractivity contribution < 1.29 is 9.90 Å². The summed E-state index contributed by atoms with van der Waals surface area (Å²) in [6.07, 6.45) is 8.12. The van der Waals surface area contributed by atoms with Crippen LogP contribution in [-0.2, 0) is 6.54 Å². The monoisotopic (exact) mass is 262 g/mol. The van der Waals surface area contributed by atoms with Crippen LogP contribution in [0.2, 0.25) is 0 Å². The summed E-state index contributed by atoms with van der Waals surface area (Å²) >= 11 is 0. The largest absolute Gasteiger partial charge is 0.477 e. The molecule has 4 heteroatoms. The fourth-order valence-electron chi connectivity index (χ4n) is 2.87. The quantitative estimate of drug-likeness (QED) is 0.886. The lowest BCUT2D eigenvalue weighted by Crippen LogP contribution is -2.36. The molecule has 1 aromatic heterocycles. The fraction of sp³-hybridized carbons (Fsp3) is 0.600.